The molecule has 0 aliphatic rings. The Balaban J connectivity index is 3.12. The summed E-state index contributed by atoms with van der Waals surface area (Å²) in [4.78, 5) is 0.0671. The molecule has 0 bridgehead atoms. The first kappa shape index (κ1) is 15.7. The topological polar surface area (TPSA) is 68.3 Å². The molecule has 0 saturated heterocycles. The van der Waals surface area contributed by atoms with Crippen LogP contribution >= 0.6 is 12.2 Å². The Bertz CT molecular complexity index is 574. The maximum absolute atomic E-state index is 8.95. The number of thiocarbonyl (C=S) groups is 1. The minimum absolute atomic E-state index is 0.0671. The second kappa shape index (κ2) is 7.97. The fourth-order valence-electron chi connectivity index (χ4n) is 1.48. The van der Waals surface area contributed by atoms with E-state index in [-0.39, 0.29) is 10.6 Å². The number of benzene rings is 1. The summed E-state index contributed by atoms with van der Waals surface area (Å²) in [5.74, 6) is 1.22. The molecule has 1 aromatic rings. The summed E-state index contributed by atoms with van der Waals surface area (Å²) >= 11 is 4.80. The average molecular weight is 288 g/mol. The molecule has 0 heterocycles. The lowest BCUT2D eigenvalue weighted by molar-refractivity contribution is 0.297. The lowest BCUT2D eigenvalue weighted by Gasteiger charge is -2.11. The first-order valence-corrected chi connectivity index (χ1v) is 6.45. The van der Waals surface area contributed by atoms with Gasteiger partial charge in [-0.15, -0.1) is 0 Å². The van der Waals surface area contributed by atoms with Crippen LogP contribution in [0.15, 0.2) is 36.4 Å². The van der Waals surface area contributed by atoms with E-state index in [0.29, 0.717) is 24.7 Å². The van der Waals surface area contributed by atoms with Crippen molar-refractivity contribution in [2.75, 3.05) is 13.2 Å². The van der Waals surface area contributed by atoms with Crippen LogP contribution in [-0.2, 0) is 0 Å². The number of hydrogen-bond acceptors (Lipinski definition) is 4. The molecule has 0 spiro atoms. The van der Waals surface area contributed by atoms with Gasteiger partial charge in [-0.2, -0.15) is 5.26 Å². The van der Waals surface area contributed by atoms with Gasteiger partial charge in [0, 0.05) is 0 Å². The Morgan fingerprint density at radius 2 is 2.20 bits per heavy atom. The van der Waals surface area contributed by atoms with Crippen molar-refractivity contribution in [3.8, 4) is 17.6 Å². The van der Waals surface area contributed by atoms with E-state index in [1.54, 1.807) is 30.4 Å². The predicted octanol–water partition coefficient (Wildman–Crippen LogP) is 2.84. The van der Waals surface area contributed by atoms with E-state index in [4.69, 9.17) is 32.7 Å². The van der Waals surface area contributed by atoms with Crippen LogP contribution in [0.2, 0.25) is 0 Å². The fraction of sp³-hybridized carbons (Fsp3) is 0.200. The number of nitrogens with zero attached hydrogens (tertiary/aromatic N) is 1. The van der Waals surface area contributed by atoms with Gasteiger partial charge < -0.3 is 15.2 Å². The number of rotatable bonds is 7. The molecule has 1 rings (SSSR count). The predicted molar refractivity (Wildman–Crippen MR) is 83.7 cm³/mol. The van der Waals surface area contributed by atoms with Crippen LogP contribution in [0.25, 0.3) is 6.08 Å². The van der Waals surface area contributed by atoms with Crippen molar-refractivity contribution in [1.29, 1.82) is 5.26 Å². The standard InChI is InChI=1S/C15H16N2O2S/c1-3-7-19-13-6-5-11(9-14(13)18-4-2)8-12(10-16)15(17)20/h3,5-6,8-9H,1,4,7H2,2H3,(H2,17,20)/b12-8+. The van der Waals surface area contributed by atoms with Gasteiger partial charge in [0.15, 0.2) is 11.5 Å². The van der Waals surface area contributed by atoms with Gasteiger partial charge in [0.25, 0.3) is 0 Å². The molecule has 2 N–H and O–H groups in total. The van der Waals surface area contributed by atoms with Gasteiger partial charge in [-0.05, 0) is 30.7 Å². The highest BCUT2D eigenvalue weighted by molar-refractivity contribution is 7.80. The maximum Gasteiger partial charge on any atom is 0.161 e. The van der Waals surface area contributed by atoms with Crippen LogP contribution in [-0.4, -0.2) is 18.2 Å². The van der Waals surface area contributed by atoms with E-state index in [0.717, 1.165) is 5.56 Å². The third kappa shape index (κ3) is 4.41. The summed E-state index contributed by atoms with van der Waals surface area (Å²) in [6, 6.07) is 7.31. The van der Waals surface area contributed by atoms with Crippen LogP contribution in [0.5, 0.6) is 11.5 Å². The SMILES string of the molecule is C=CCOc1ccc(/C=C(\C#N)C(N)=S)cc1OCC. The zero-order valence-corrected chi connectivity index (χ0v) is 12.1. The van der Waals surface area contributed by atoms with E-state index >= 15 is 0 Å². The Labute approximate surface area is 124 Å². The summed E-state index contributed by atoms with van der Waals surface area (Å²) in [6.07, 6.45) is 3.27. The summed E-state index contributed by atoms with van der Waals surface area (Å²) in [7, 11) is 0. The minimum atomic E-state index is 0.0671. The quantitative estimate of drug-likeness (QED) is 0.361. The van der Waals surface area contributed by atoms with Crippen LogP contribution < -0.4 is 15.2 Å². The van der Waals surface area contributed by atoms with Crippen LogP contribution in [0.3, 0.4) is 0 Å². The largest absolute Gasteiger partial charge is 0.490 e. The zero-order chi connectivity index (χ0) is 15.0. The number of ether oxygens (including phenoxy) is 2. The highest BCUT2D eigenvalue weighted by Crippen LogP contribution is 2.29. The molecule has 0 aliphatic heterocycles. The normalized spacial score (nSPS) is 10.5. The molecule has 0 atom stereocenters. The zero-order valence-electron chi connectivity index (χ0n) is 11.3. The highest BCUT2D eigenvalue weighted by Gasteiger charge is 2.06. The molecule has 0 radical (unpaired) electrons. The molecule has 5 heteroatoms. The van der Waals surface area contributed by atoms with Crippen LogP contribution in [0.1, 0.15) is 12.5 Å². The minimum Gasteiger partial charge on any atom is -0.490 e. The summed E-state index contributed by atoms with van der Waals surface area (Å²) in [5, 5.41) is 8.95. The lowest BCUT2D eigenvalue weighted by atomic mass is 10.1. The van der Waals surface area contributed by atoms with E-state index < -0.39 is 0 Å². The molecule has 0 fully saturated rings. The van der Waals surface area contributed by atoms with Crippen LogP contribution in [0, 0.1) is 11.3 Å². The van der Waals surface area contributed by atoms with Gasteiger partial charge in [-0.3, -0.25) is 0 Å². The lowest BCUT2D eigenvalue weighted by Crippen LogP contribution is -2.09. The maximum atomic E-state index is 8.95. The van der Waals surface area contributed by atoms with Gasteiger partial charge in [0.1, 0.15) is 17.7 Å². The van der Waals surface area contributed by atoms with Crippen molar-refractivity contribution in [2.45, 2.75) is 6.92 Å². The van der Waals surface area contributed by atoms with E-state index in [1.807, 2.05) is 13.0 Å². The third-order valence-corrected chi connectivity index (χ3v) is 2.54. The second-order valence-electron chi connectivity index (χ2n) is 3.77. The molecular formula is C15H16N2O2S. The molecule has 104 valence electrons. The molecule has 0 unspecified atom stereocenters. The van der Waals surface area contributed by atoms with Crippen molar-refractivity contribution in [2.24, 2.45) is 5.73 Å². The number of nitrogens with two attached hydrogens (primary N) is 1. The molecule has 4 nitrogen and oxygen atoms in total. The first-order valence-electron chi connectivity index (χ1n) is 6.04. The van der Waals surface area contributed by atoms with Crippen molar-refractivity contribution in [3.05, 3.63) is 42.0 Å². The van der Waals surface area contributed by atoms with E-state index in [9.17, 15) is 0 Å². The van der Waals surface area contributed by atoms with Gasteiger partial charge in [-0.25, -0.2) is 0 Å². The smallest absolute Gasteiger partial charge is 0.161 e. The fourth-order valence-corrected chi connectivity index (χ4v) is 1.58. The average Bonchev–Trinajstić information content (AvgIpc) is 2.43. The Morgan fingerprint density at radius 1 is 1.45 bits per heavy atom. The van der Waals surface area contributed by atoms with Gasteiger partial charge >= 0.3 is 0 Å². The first-order chi connectivity index (χ1) is 9.62. The summed E-state index contributed by atoms with van der Waals surface area (Å²) < 4.78 is 11.0. The van der Waals surface area contributed by atoms with Crippen molar-refractivity contribution in [1.82, 2.24) is 0 Å². The number of nitriles is 1. The Hall–Kier alpha value is -2.32. The van der Waals surface area contributed by atoms with Gasteiger partial charge in [-0.1, -0.05) is 30.9 Å². The van der Waals surface area contributed by atoms with E-state index in [1.165, 1.54) is 0 Å². The molecule has 0 saturated carbocycles. The molecule has 20 heavy (non-hydrogen) atoms. The molecule has 0 aromatic heterocycles. The summed E-state index contributed by atoms with van der Waals surface area (Å²) in [5.41, 5.74) is 6.48. The molecular weight excluding hydrogens is 272 g/mol. The third-order valence-electron chi connectivity index (χ3n) is 2.32. The summed E-state index contributed by atoms with van der Waals surface area (Å²) in [6.45, 7) is 6.39. The van der Waals surface area contributed by atoms with Crippen LogP contribution in [0.4, 0.5) is 0 Å². The monoisotopic (exact) mass is 288 g/mol. The van der Waals surface area contributed by atoms with Gasteiger partial charge in [0.2, 0.25) is 0 Å². The molecule has 1 aromatic carbocycles. The van der Waals surface area contributed by atoms with Gasteiger partial charge in [0.05, 0.1) is 12.2 Å². The second-order valence-corrected chi connectivity index (χ2v) is 4.21. The number of hydrogen-bond donors (Lipinski definition) is 1. The molecule has 0 aliphatic carbocycles. The molecule has 0 amide bonds. The Morgan fingerprint density at radius 3 is 2.75 bits per heavy atom. The van der Waals surface area contributed by atoms with E-state index in [2.05, 4.69) is 6.58 Å². The highest BCUT2D eigenvalue weighted by atomic mass is 32.1. The Kier molecular flexibility index (Phi) is 6.27. The van der Waals surface area contributed by atoms with Crippen molar-refractivity contribution in [3.63, 3.8) is 0 Å². The van der Waals surface area contributed by atoms with Crippen molar-refractivity contribution < 1.29 is 9.47 Å². The van der Waals surface area contributed by atoms with Crippen molar-refractivity contribution >= 4 is 23.3 Å².